The van der Waals surface area contributed by atoms with Crippen molar-refractivity contribution in [2.24, 2.45) is 0 Å². The Balaban J connectivity index is 1.54. The zero-order chi connectivity index (χ0) is 35.2. The lowest BCUT2D eigenvalue weighted by Crippen LogP contribution is -2.60. The molecule has 48 heavy (non-hydrogen) atoms. The van der Waals surface area contributed by atoms with Crippen LogP contribution in [0.15, 0.2) is 18.2 Å². The van der Waals surface area contributed by atoms with E-state index in [2.05, 4.69) is 10.9 Å². The molecule has 7 atom stereocenters. The van der Waals surface area contributed by atoms with Crippen LogP contribution in [0.1, 0.15) is 75.3 Å². The number of ketones is 3. The lowest BCUT2D eigenvalue weighted by molar-refractivity contribution is -0.250. The molecule has 2 aromatic carbocycles. The molecule has 17 nitrogen and oxygen atoms in total. The van der Waals surface area contributed by atoms with Crippen molar-refractivity contribution in [2.45, 2.75) is 74.9 Å². The summed E-state index contributed by atoms with van der Waals surface area (Å²) in [6.45, 7) is 0.346. The number of carboxylic acids is 2. The number of aliphatic carboxylic acids is 2. The van der Waals surface area contributed by atoms with E-state index in [1.165, 1.54) is 32.2 Å². The summed E-state index contributed by atoms with van der Waals surface area (Å²) in [4.78, 5) is 62.8. The molecule has 0 radical (unpaired) electrons. The summed E-state index contributed by atoms with van der Waals surface area (Å²) < 4.78 is 17.2. The SMILES string of the molecule is COc1cccc2c1C(=O)c1c(O)c3c(c(O)c1C2=O)C[C@@](O)(C(=O)CO)C[C@@H]3OC1CC(NN[C@@H](CC(=O)O)C(=O)O)C(O)C(C)O1. The lowest BCUT2D eigenvalue weighted by atomic mass is 9.72. The molecular weight excluding hydrogens is 640 g/mol. The summed E-state index contributed by atoms with van der Waals surface area (Å²) in [6.07, 6.45) is -7.41. The van der Waals surface area contributed by atoms with Gasteiger partial charge < -0.3 is 50.0 Å². The smallest absolute Gasteiger partial charge is 0.322 e. The van der Waals surface area contributed by atoms with Crippen molar-refractivity contribution in [2.75, 3.05) is 13.7 Å². The molecule has 1 fully saturated rings. The maximum atomic E-state index is 13.8. The number of hydrazine groups is 1. The van der Waals surface area contributed by atoms with Crippen molar-refractivity contribution < 1.29 is 73.9 Å². The Morgan fingerprint density at radius 1 is 1.08 bits per heavy atom. The predicted molar refractivity (Wildman–Crippen MR) is 158 cm³/mol. The van der Waals surface area contributed by atoms with E-state index in [1.54, 1.807) is 0 Å². The third-order valence-corrected chi connectivity index (χ3v) is 8.88. The standard InChI is InChI=1S/C31H34N2O15/c1-11-25(38)14(32-33-15(30(43)44)6-19(36)37)7-20(47-11)48-17-9-31(45,18(35)10-34)8-13-22(17)29(42)24-23(27(13)40)26(39)12-4-3-5-16(46-2)21(12)28(24)41/h3-5,11,14-15,17,20,25,32-34,38,40,42,45H,6-10H2,1-2H3,(H,36,37)(H,43,44)/t11?,14?,15-,17-,20?,25?,31-/m0/s1. The second-order valence-corrected chi connectivity index (χ2v) is 11.9. The molecule has 258 valence electrons. The van der Waals surface area contributed by atoms with E-state index in [1.807, 2.05) is 0 Å². The molecule has 0 spiro atoms. The number of hydrogen-bond donors (Lipinski definition) is 9. The second kappa shape index (κ2) is 13.2. The number of carboxylic acid groups (broad SMARTS) is 2. The highest BCUT2D eigenvalue weighted by atomic mass is 16.7. The molecule has 1 heterocycles. The summed E-state index contributed by atoms with van der Waals surface area (Å²) in [6, 6.07) is 1.65. The monoisotopic (exact) mass is 674 g/mol. The van der Waals surface area contributed by atoms with Gasteiger partial charge in [-0.15, -0.1) is 0 Å². The summed E-state index contributed by atoms with van der Waals surface area (Å²) in [7, 11) is 1.28. The van der Waals surface area contributed by atoms with Crippen LogP contribution in [0.4, 0.5) is 0 Å². The minimum absolute atomic E-state index is 0.0348. The first-order valence-corrected chi connectivity index (χ1v) is 14.8. The fourth-order valence-electron chi connectivity index (χ4n) is 6.44. The number of Topliss-reactive ketones (excluding diaryl/α,β-unsaturated/α-hetero) is 1. The Morgan fingerprint density at radius 2 is 1.77 bits per heavy atom. The molecule has 4 unspecified atom stereocenters. The molecule has 9 N–H and O–H groups in total. The van der Waals surface area contributed by atoms with Crippen molar-refractivity contribution in [3.63, 3.8) is 0 Å². The number of benzene rings is 2. The predicted octanol–water partition coefficient (Wildman–Crippen LogP) is -0.935. The number of carbonyl (C=O) groups excluding carboxylic acids is 3. The highest BCUT2D eigenvalue weighted by molar-refractivity contribution is 6.31. The summed E-state index contributed by atoms with van der Waals surface area (Å²) in [5.41, 5.74) is 0.640. The van der Waals surface area contributed by atoms with Gasteiger partial charge in [-0.2, -0.15) is 0 Å². The van der Waals surface area contributed by atoms with Crippen LogP contribution < -0.4 is 15.6 Å². The molecule has 0 bridgehead atoms. The van der Waals surface area contributed by atoms with E-state index < -0.39 is 120 Å². The fourth-order valence-corrected chi connectivity index (χ4v) is 6.44. The number of rotatable bonds is 11. The number of methoxy groups -OCH3 is 1. The van der Waals surface area contributed by atoms with Gasteiger partial charge in [-0.05, 0) is 13.0 Å². The Labute approximate surface area is 271 Å². The third kappa shape index (κ3) is 6.00. The van der Waals surface area contributed by atoms with E-state index >= 15 is 0 Å². The van der Waals surface area contributed by atoms with Crippen molar-refractivity contribution in [3.05, 3.63) is 51.6 Å². The minimum Gasteiger partial charge on any atom is -0.507 e. The first-order chi connectivity index (χ1) is 22.6. The number of nitrogens with one attached hydrogen (secondary N) is 2. The number of hydrogen-bond acceptors (Lipinski definition) is 15. The number of aliphatic hydroxyl groups is 3. The molecule has 0 aromatic heterocycles. The quantitative estimate of drug-likeness (QED) is 0.0877. The second-order valence-electron chi connectivity index (χ2n) is 11.9. The molecule has 0 amide bonds. The molecule has 2 aliphatic carbocycles. The number of fused-ring (bicyclic) bond motifs is 3. The molecule has 1 saturated heterocycles. The zero-order valence-corrected chi connectivity index (χ0v) is 25.6. The average Bonchev–Trinajstić information content (AvgIpc) is 3.04. The highest BCUT2D eigenvalue weighted by Gasteiger charge is 2.50. The van der Waals surface area contributed by atoms with Gasteiger partial charge >= 0.3 is 11.9 Å². The number of ether oxygens (including phenoxy) is 3. The average molecular weight is 675 g/mol. The van der Waals surface area contributed by atoms with Gasteiger partial charge in [-0.25, -0.2) is 5.43 Å². The first kappa shape index (κ1) is 34.8. The maximum Gasteiger partial charge on any atom is 0.322 e. The van der Waals surface area contributed by atoms with Crippen LogP contribution in [0.25, 0.3) is 0 Å². The van der Waals surface area contributed by atoms with Gasteiger partial charge in [0.1, 0.15) is 35.5 Å². The Kier molecular flexibility index (Phi) is 9.57. The van der Waals surface area contributed by atoms with Gasteiger partial charge in [0, 0.05) is 36.0 Å². The van der Waals surface area contributed by atoms with Gasteiger partial charge in [0.05, 0.1) is 54.6 Å². The van der Waals surface area contributed by atoms with Crippen molar-refractivity contribution in [1.29, 1.82) is 0 Å². The van der Waals surface area contributed by atoms with Crippen molar-refractivity contribution in [1.82, 2.24) is 10.9 Å². The molecule has 0 saturated carbocycles. The Bertz CT molecular complexity index is 1690. The molecule has 3 aliphatic rings. The zero-order valence-electron chi connectivity index (χ0n) is 25.6. The Hall–Kier alpha value is -4.49. The van der Waals surface area contributed by atoms with Crippen LogP contribution in [0.3, 0.4) is 0 Å². The molecule has 1 aliphatic heterocycles. The lowest BCUT2D eigenvalue weighted by Gasteiger charge is -2.43. The van der Waals surface area contributed by atoms with E-state index in [0.717, 1.165) is 0 Å². The summed E-state index contributed by atoms with van der Waals surface area (Å²) in [5.74, 6) is -7.16. The van der Waals surface area contributed by atoms with Crippen LogP contribution in [-0.4, -0.2) is 115 Å². The van der Waals surface area contributed by atoms with Crippen LogP contribution in [0.2, 0.25) is 0 Å². The van der Waals surface area contributed by atoms with Crippen LogP contribution >= 0.6 is 0 Å². The van der Waals surface area contributed by atoms with Gasteiger partial charge in [0.2, 0.25) is 5.78 Å². The van der Waals surface area contributed by atoms with Crippen LogP contribution in [0.5, 0.6) is 17.2 Å². The highest BCUT2D eigenvalue weighted by Crippen LogP contribution is 2.52. The van der Waals surface area contributed by atoms with Gasteiger partial charge in [-0.3, -0.25) is 29.4 Å². The van der Waals surface area contributed by atoms with E-state index in [-0.39, 0.29) is 34.4 Å². The van der Waals surface area contributed by atoms with E-state index in [9.17, 15) is 54.6 Å². The maximum absolute atomic E-state index is 13.8. The minimum atomic E-state index is -2.38. The summed E-state index contributed by atoms with van der Waals surface area (Å²) >= 11 is 0. The number of phenolic OH excluding ortho intramolecular Hbond substituents is 2. The van der Waals surface area contributed by atoms with Gasteiger partial charge in [0.15, 0.2) is 17.9 Å². The molecular formula is C31H34N2O15. The number of aliphatic hydroxyl groups excluding tert-OH is 2. The largest absolute Gasteiger partial charge is 0.507 e. The number of carbonyl (C=O) groups is 5. The molecule has 2 aromatic rings. The van der Waals surface area contributed by atoms with Crippen molar-refractivity contribution in [3.8, 4) is 17.2 Å². The Morgan fingerprint density at radius 3 is 2.40 bits per heavy atom. The topological polar surface area (TPSA) is 279 Å². The fraction of sp³-hybridized carbons (Fsp3) is 0.452. The third-order valence-electron chi connectivity index (χ3n) is 8.88. The van der Waals surface area contributed by atoms with Crippen LogP contribution in [-0.2, 0) is 30.3 Å². The molecule has 17 heteroatoms. The van der Waals surface area contributed by atoms with Crippen LogP contribution in [0, 0.1) is 0 Å². The first-order valence-electron chi connectivity index (χ1n) is 14.8. The van der Waals surface area contributed by atoms with Crippen molar-refractivity contribution >= 4 is 29.3 Å². The summed E-state index contributed by atoms with van der Waals surface area (Å²) in [5, 5.41) is 73.3. The normalized spacial score (nSPS) is 27.0. The number of aromatic hydroxyl groups is 2. The van der Waals surface area contributed by atoms with E-state index in [4.69, 9.17) is 19.3 Å². The van der Waals surface area contributed by atoms with E-state index in [0.29, 0.717) is 0 Å². The van der Waals surface area contributed by atoms with Gasteiger partial charge in [0.25, 0.3) is 0 Å². The van der Waals surface area contributed by atoms with Gasteiger partial charge in [-0.1, -0.05) is 12.1 Å². The number of phenols is 2. The molecule has 5 rings (SSSR count).